The molecule has 3 heteroatoms. The van der Waals surface area contributed by atoms with Crippen LogP contribution < -0.4 is 0 Å². The van der Waals surface area contributed by atoms with Crippen molar-refractivity contribution >= 4 is 5.91 Å². The minimum absolute atomic E-state index is 0.225. The first-order valence-electron chi connectivity index (χ1n) is 9.58. The SMILES string of the molecule is CN(C(=O)COC1CCCCC1)C1C2CC3CC(C2)CC1C3. The van der Waals surface area contributed by atoms with E-state index < -0.39 is 0 Å². The van der Waals surface area contributed by atoms with Gasteiger partial charge in [-0.25, -0.2) is 0 Å². The van der Waals surface area contributed by atoms with Crippen LogP contribution in [0.25, 0.3) is 0 Å². The quantitative estimate of drug-likeness (QED) is 0.794. The van der Waals surface area contributed by atoms with Crippen molar-refractivity contribution < 1.29 is 9.53 Å². The van der Waals surface area contributed by atoms with Crippen LogP contribution in [0.3, 0.4) is 0 Å². The summed E-state index contributed by atoms with van der Waals surface area (Å²) in [5, 5.41) is 0. The lowest BCUT2D eigenvalue weighted by Crippen LogP contribution is -2.56. The number of rotatable bonds is 4. The van der Waals surface area contributed by atoms with Crippen LogP contribution in [0.2, 0.25) is 0 Å². The topological polar surface area (TPSA) is 29.5 Å². The maximum absolute atomic E-state index is 12.6. The molecule has 0 spiro atoms. The number of amides is 1. The zero-order chi connectivity index (χ0) is 15.1. The number of carbonyl (C=O) groups is 1. The Labute approximate surface area is 134 Å². The molecule has 0 aromatic heterocycles. The summed E-state index contributed by atoms with van der Waals surface area (Å²) in [7, 11) is 2.04. The van der Waals surface area contributed by atoms with Gasteiger partial charge < -0.3 is 9.64 Å². The minimum atomic E-state index is 0.225. The number of nitrogens with zero attached hydrogens (tertiary/aromatic N) is 1. The lowest BCUT2D eigenvalue weighted by Gasteiger charge is -2.56. The van der Waals surface area contributed by atoms with Gasteiger partial charge in [0.2, 0.25) is 5.91 Å². The molecule has 0 aliphatic heterocycles. The summed E-state index contributed by atoms with van der Waals surface area (Å²) in [6, 6.07) is 0.509. The molecule has 0 heterocycles. The van der Waals surface area contributed by atoms with Crippen molar-refractivity contribution in [3.63, 3.8) is 0 Å². The van der Waals surface area contributed by atoms with Gasteiger partial charge in [0.1, 0.15) is 6.61 Å². The van der Waals surface area contributed by atoms with E-state index in [-0.39, 0.29) is 5.91 Å². The van der Waals surface area contributed by atoms with Gasteiger partial charge in [0.15, 0.2) is 0 Å². The van der Waals surface area contributed by atoms with Crippen molar-refractivity contribution in [2.45, 2.75) is 76.4 Å². The van der Waals surface area contributed by atoms with Gasteiger partial charge in [0.05, 0.1) is 6.10 Å². The molecule has 0 saturated heterocycles. The van der Waals surface area contributed by atoms with E-state index in [1.165, 1.54) is 51.4 Å². The molecule has 3 nitrogen and oxygen atoms in total. The molecule has 0 aromatic rings. The van der Waals surface area contributed by atoms with Crippen molar-refractivity contribution in [2.75, 3.05) is 13.7 Å². The summed E-state index contributed by atoms with van der Waals surface area (Å²) in [5.74, 6) is 3.73. The molecule has 5 rings (SSSR count). The summed E-state index contributed by atoms with van der Waals surface area (Å²) in [5.41, 5.74) is 0. The Balaban J connectivity index is 1.33. The fraction of sp³-hybridized carbons (Fsp3) is 0.947. The molecule has 0 unspecified atom stereocenters. The third-order valence-electron chi connectivity index (χ3n) is 7.01. The predicted octanol–water partition coefficient (Wildman–Crippen LogP) is 3.62. The second kappa shape index (κ2) is 6.14. The Morgan fingerprint density at radius 1 is 0.955 bits per heavy atom. The molecular weight excluding hydrogens is 274 g/mol. The second-order valence-corrected chi connectivity index (χ2v) is 8.50. The summed E-state index contributed by atoms with van der Waals surface area (Å²) >= 11 is 0. The minimum Gasteiger partial charge on any atom is -0.368 e. The van der Waals surface area contributed by atoms with Crippen molar-refractivity contribution in [3.8, 4) is 0 Å². The number of carbonyl (C=O) groups excluding carboxylic acids is 1. The van der Waals surface area contributed by atoms with Gasteiger partial charge in [-0.2, -0.15) is 0 Å². The number of hydrogen-bond acceptors (Lipinski definition) is 2. The largest absolute Gasteiger partial charge is 0.368 e. The Morgan fingerprint density at radius 3 is 2.14 bits per heavy atom. The fourth-order valence-corrected chi connectivity index (χ4v) is 6.22. The third kappa shape index (κ3) is 2.81. The summed E-state index contributed by atoms with van der Waals surface area (Å²) < 4.78 is 5.92. The van der Waals surface area contributed by atoms with Crippen molar-refractivity contribution in [1.29, 1.82) is 0 Å². The van der Waals surface area contributed by atoms with Gasteiger partial charge in [0, 0.05) is 13.1 Å². The molecule has 0 N–H and O–H groups in total. The fourth-order valence-electron chi connectivity index (χ4n) is 6.22. The molecule has 0 atom stereocenters. The molecule has 5 fully saturated rings. The van der Waals surface area contributed by atoms with E-state index in [9.17, 15) is 4.79 Å². The molecular formula is C19H31NO2. The van der Waals surface area contributed by atoms with Gasteiger partial charge in [0.25, 0.3) is 0 Å². The van der Waals surface area contributed by atoms with Gasteiger partial charge >= 0.3 is 0 Å². The van der Waals surface area contributed by atoms with Gasteiger partial charge in [-0.15, -0.1) is 0 Å². The Hall–Kier alpha value is -0.570. The van der Waals surface area contributed by atoms with Crippen LogP contribution in [-0.2, 0) is 9.53 Å². The highest BCUT2D eigenvalue weighted by molar-refractivity contribution is 5.77. The zero-order valence-electron chi connectivity index (χ0n) is 14.0. The smallest absolute Gasteiger partial charge is 0.248 e. The van der Waals surface area contributed by atoms with Crippen molar-refractivity contribution in [3.05, 3.63) is 0 Å². The first kappa shape index (κ1) is 15.0. The van der Waals surface area contributed by atoms with Crippen LogP contribution in [0.15, 0.2) is 0 Å². The van der Waals surface area contributed by atoms with Crippen LogP contribution in [0, 0.1) is 23.7 Å². The first-order chi connectivity index (χ1) is 10.7. The zero-order valence-corrected chi connectivity index (χ0v) is 14.0. The van der Waals surface area contributed by atoms with E-state index >= 15 is 0 Å². The van der Waals surface area contributed by atoms with Gasteiger partial charge in [-0.05, 0) is 68.6 Å². The number of ether oxygens (including phenoxy) is 1. The normalized spacial score (nSPS) is 40.9. The molecule has 5 saturated carbocycles. The summed E-state index contributed by atoms with van der Waals surface area (Å²) in [4.78, 5) is 14.7. The highest BCUT2D eigenvalue weighted by Gasteiger charge is 2.50. The molecule has 0 aromatic carbocycles. The van der Waals surface area contributed by atoms with Crippen molar-refractivity contribution in [2.24, 2.45) is 23.7 Å². The highest BCUT2D eigenvalue weighted by Crippen LogP contribution is 2.54. The average Bonchev–Trinajstić information content (AvgIpc) is 2.52. The van der Waals surface area contributed by atoms with Crippen LogP contribution in [0.5, 0.6) is 0 Å². The molecule has 22 heavy (non-hydrogen) atoms. The standard InChI is InChI=1S/C19H31NO2/c1-20(18(21)12-22-17-5-3-2-4-6-17)19-15-8-13-7-14(10-15)11-16(19)9-13/h13-17,19H,2-12H2,1H3. The Morgan fingerprint density at radius 2 is 1.55 bits per heavy atom. The monoisotopic (exact) mass is 305 g/mol. The summed E-state index contributed by atoms with van der Waals surface area (Å²) in [6.45, 7) is 0.309. The van der Waals surface area contributed by atoms with Gasteiger partial charge in [-0.3, -0.25) is 4.79 Å². The van der Waals surface area contributed by atoms with Crippen LogP contribution >= 0.6 is 0 Å². The molecule has 0 radical (unpaired) electrons. The van der Waals surface area contributed by atoms with E-state index in [4.69, 9.17) is 4.74 Å². The predicted molar refractivity (Wildman–Crippen MR) is 86.4 cm³/mol. The highest BCUT2D eigenvalue weighted by atomic mass is 16.5. The van der Waals surface area contributed by atoms with Crippen molar-refractivity contribution in [1.82, 2.24) is 4.90 Å². The van der Waals surface area contributed by atoms with E-state index in [0.717, 1.165) is 36.5 Å². The number of hydrogen-bond donors (Lipinski definition) is 0. The third-order valence-corrected chi connectivity index (χ3v) is 7.01. The number of likely N-dealkylation sites (N-methyl/N-ethyl adjacent to an activating group) is 1. The first-order valence-corrected chi connectivity index (χ1v) is 9.58. The maximum Gasteiger partial charge on any atom is 0.248 e. The van der Waals surface area contributed by atoms with E-state index in [0.29, 0.717) is 18.8 Å². The summed E-state index contributed by atoms with van der Waals surface area (Å²) in [6.07, 6.45) is 13.5. The molecule has 5 aliphatic rings. The lowest BCUT2D eigenvalue weighted by molar-refractivity contribution is -0.148. The Bertz CT molecular complexity index is 388. The van der Waals surface area contributed by atoms with Crippen LogP contribution in [0.1, 0.15) is 64.2 Å². The molecule has 4 bridgehead atoms. The van der Waals surface area contributed by atoms with Crippen LogP contribution in [-0.4, -0.2) is 36.6 Å². The van der Waals surface area contributed by atoms with E-state index in [1.54, 1.807) is 0 Å². The van der Waals surface area contributed by atoms with E-state index in [2.05, 4.69) is 4.90 Å². The molecule has 5 aliphatic carbocycles. The van der Waals surface area contributed by atoms with Crippen LogP contribution in [0.4, 0.5) is 0 Å². The molecule has 1 amide bonds. The average molecular weight is 305 g/mol. The van der Waals surface area contributed by atoms with E-state index in [1.807, 2.05) is 7.05 Å². The Kier molecular flexibility index (Phi) is 4.19. The molecule has 124 valence electrons. The lowest BCUT2D eigenvalue weighted by atomic mass is 9.54. The second-order valence-electron chi connectivity index (χ2n) is 8.50. The maximum atomic E-state index is 12.6. The van der Waals surface area contributed by atoms with Gasteiger partial charge in [-0.1, -0.05) is 19.3 Å².